The Bertz CT molecular complexity index is 956. The molecule has 0 amide bonds. The van der Waals surface area contributed by atoms with Crippen LogP contribution in [0, 0.1) is 12.7 Å². The molecule has 0 unspecified atom stereocenters. The maximum absolute atomic E-state index is 13.5. The Labute approximate surface area is 150 Å². The highest BCUT2D eigenvalue weighted by atomic mass is 35.5. The molecule has 5 heteroatoms. The van der Waals surface area contributed by atoms with Crippen molar-refractivity contribution in [3.63, 3.8) is 0 Å². The number of carbonyl (C=O) groups is 1. The van der Waals surface area contributed by atoms with Gasteiger partial charge in [-0.25, -0.2) is 4.39 Å². The van der Waals surface area contributed by atoms with Gasteiger partial charge < -0.3 is 11.1 Å². The second-order valence-electron chi connectivity index (χ2n) is 5.66. The average molecular weight is 355 g/mol. The molecule has 0 atom stereocenters. The van der Waals surface area contributed by atoms with Crippen molar-refractivity contribution in [2.24, 2.45) is 0 Å². The van der Waals surface area contributed by atoms with Crippen molar-refractivity contribution < 1.29 is 9.18 Å². The van der Waals surface area contributed by atoms with Gasteiger partial charge in [-0.15, -0.1) is 0 Å². The zero-order valence-electron chi connectivity index (χ0n) is 13.5. The first-order valence-corrected chi connectivity index (χ1v) is 8.06. The van der Waals surface area contributed by atoms with Crippen molar-refractivity contribution in [2.45, 2.75) is 6.92 Å². The largest absolute Gasteiger partial charge is 0.395 e. The minimum Gasteiger partial charge on any atom is -0.395 e. The van der Waals surface area contributed by atoms with E-state index < -0.39 is 5.82 Å². The lowest BCUT2D eigenvalue weighted by Crippen LogP contribution is -2.05. The van der Waals surface area contributed by atoms with E-state index in [1.165, 1.54) is 6.07 Å². The monoisotopic (exact) mass is 354 g/mol. The fraction of sp³-hybridized carbons (Fsp3) is 0.0500. The summed E-state index contributed by atoms with van der Waals surface area (Å²) < 4.78 is 13.5. The molecule has 0 saturated carbocycles. The Morgan fingerprint density at radius 2 is 1.80 bits per heavy atom. The highest BCUT2D eigenvalue weighted by Crippen LogP contribution is 2.29. The SMILES string of the molecule is Cc1ccccc1C(=O)c1ccc(Nc2cccc(F)c2N)cc1Cl. The van der Waals surface area contributed by atoms with Crippen molar-refractivity contribution in [2.75, 3.05) is 11.1 Å². The highest BCUT2D eigenvalue weighted by molar-refractivity contribution is 6.35. The molecule has 0 aliphatic rings. The van der Waals surface area contributed by atoms with Crippen LogP contribution in [0.3, 0.4) is 0 Å². The Morgan fingerprint density at radius 3 is 2.52 bits per heavy atom. The van der Waals surface area contributed by atoms with Crippen molar-refractivity contribution in [1.29, 1.82) is 0 Å². The van der Waals surface area contributed by atoms with Crippen molar-refractivity contribution >= 4 is 34.4 Å². The number of carbonyl (C=O) groups excluding carboxylic acids is 1. The van der Waals surface area contributed by atoms with Gasteiger partial charge in [0.15, 0.2) is 5.78 Å². The Morgan fingerprint density at radius 1 is 1.04 bits per heavy atom. The molecule has 0 aliphatic heterocycles. The van der Waals surface area contributed by atoms with Crippen LogP contribution in [0.25, 0.3) is 0 Å². The number of benzene rings is 3. The van der Waals surface area contributed by atoms with Crippen LogP contribution < -0.4 is 11.1 Å². The summed E-state index contributed by atoms with van der Waals surface area (Å²) in [7, 11) is 0. The van der Waals surface area contributed by atoms with Crippen LogP contribution >= 0.6 is 11.6 Å². The number of hydrogen-bond acceptors (Lipinski definition) is 3. The van der Waals surface area contributed by atoms with Crippen molar-refractivity contribution in [3.05, 3.63) is 88.2 Å². The summed E-state index contributed by atoms with van der Waals surface area (Å²) in [6.45, 7) is 1.88. The summed E-state index contributed by atoms with van der Waals surface area (Å²) in [5, 5.41) is 3.32. The average Bonchev–Trinajstić information content (AvgIpc) is 2.59. The minimum atomic E-state index is -0.498. The molecule has 0 aromatic heterocycles. The number of rotatable bonds is 4. The van der Waals surface area contributed by atoms with E-state index in [-0.39, 0.29) is 11.5 Å². The molecular weight excluding hydrogens is 339 g/mol. The highest BCUT2D eigenvalue weighted by Gasteiger charge is 2.15. The second kappa shape index (κ2) is 6.95. The lowest BCUT2D eigenvalue weighted by Gasteiger charge is -2.12. The van der Waals surface area contributed by atoms with Gasteiger partial charge in [-0.2, -0.15) is 0 Å². The quantitative estimate of drug-likeness (QED) is 0.491. The van der Waals surface area contributed by atoms with Crippen LogP contribution in [0.1, 0.15) is 21.5 Å². The molecule has 25 heavy (non-hydrogen) atoms. The number of halogens is 2. The maximum Gasteiger partial charge on any atom is 0.194 e. The first kappa shape index (κ1) is 17.0. The summed E-state index contributed by atoms with van der Waals surface area (Å²) in [4.78, 5) is 12.7. The topological polar surface area (TPSA) is 55.1 Å². The predicted molar refractivity (Wildman–Crippen MR) is 100 cm³/mol. The lowest BCUT2D eigenvalue weighted by molar-refractivity contribution is 0.103. The maximum atomic E-state index is 13.5. The van der Waals surface area contributed by atoms with Gasteiger partial charge in [-0.1, -0.05) is 41.9 Å². The number of aryl methyl sites for hydroxylation is 1. The third-order valence-electron chi connectivity index (χ3n) is 3.94. The Hall–Kier alpha value is -2.85. The first-order valence-electron chi connectivity index (χ1n) is 7.68. The van der Waals surface area contributed by atoms with Crippen LogP contribution in [-0.2, 0) is 0 Å². The predicted octanol–water partition coefficient (Wildman–Crippen LogP) is 5.34. The van der Waals surface area contributed by atoms with E-state index in [2.05, 4.69) is 5.32 Å². The van der Waals surface area contributed by atoms with Gasteiger partial charge in [0, 0.05) is 16.8 Å². The Balaban J connectivity index is 1.90. The van der Waals surface area contributed by atoms with E-state index >= 15 is 0 Å². The third-order valence-corrected chi connectivity index (χ3v) is 4.25. The van der Waals surface area contributed by atoms with Gasteiger partial charge in [-0.05, 0) is 42.8 Å². The van der Waals surface area contributed by atoms with E-state index in [1.54, 1.807) is 36.4 Å². The molecule has 0 aliphatic carbocycles. The number of nitrogen functional groups attached to an aromatic ring is 1. The molecule has 126 valence electrons. The number of hydrogen-bond donors (Lipinski definition) is 2. The molecule has 0 spiro atoms. The molecule has 0 heterocycles. The fourth-order valence-corrected chi connectivity index (χ4v) is 2.82. The summed E-state index contributed by atoms with van der Waals surface area (Å²) in [6, 6.07) is 16.8. The summed E-state index contributed by atoms with van der Waals surface area (Å²) >= 11 is 6.30. The van der Waals surface area contributed by atoms with Gasteiger partial charge >= 0.3 is 0 Å². The smallest absolute Gasteiger partial charge is 0.194 e. The van der Waals surface area contributed by atoms with Gasteiger partial charge in [0.1, 0.15) is 5.82 Å². The zero-order chi connectivity index (χ0) is 18.0. The lowest BCUT2D eigenvalue weighted by atomic mass is 9.99. The van der Waals surface area contributed by atoms with Crippen LogP contribution in [0.5, 0.6) is 0 Å². The Kier molecular flexibility index (Phi) is 4.72. The van der Waals surface area contributed by atoms with Crippen LogP contribution in [0.15, 0.2) is 60.7 Å². The van der Waals surface area contributed by atoms with Crippen LogP contribution in [0.2, 0.25) is 5.02 Å². The van der Waals surface area contributed by atoms with E-state index in [4.69, 9.17) is 17.3 Å². The number of anilines is 3. The molecule has 0 fully saturated rings. The number of para-hydroxylation sites is 1. The molecule has 3 nitrogen and oxygen atoms in total. The third kappa shape index (κ3) is 3.49. The molecule has 0 radical (unpaired) electrons. The van der Waals surface area contributed by atoms with Gasteiger partial charge in [-0.3, -0.25) is 4.79 Å². The fourth-order valence-electron chi connectivity index (χ4n) is 2.55. The van der Waals surface area contributed by atoms with Gasteiger partial charge in [0.2, 0.25) is 0 Å². The summed E-state index contributed by atoms with van der Waals surface area (Å²) in [5.74, 6) is -0.637. The standard InChI is InChI=1S/C20H16ClFN2O/c1-12-5-2-3-6-14(12)20(25)15-10-9-13(11-16(15)21)24-18-8-4-7-17(22)19(18)23/h2-11,24H,23H2,1H3. The van der Waals surface area contributed by atoms with E-state index in [1.807, 2.05) is 25.1 Å². The molecule has 3 aromatic rings. The normalized spacial score (nSPS) is 10.5. The van der Waals surface area contributed by atoms with Gasteiger partial charge in [0.05, 0.1) is 16.4 Å². The molecule has 3 rings (SSSR count). The zero-order valence-corrected chi connectivity index (χ0v) is 14.3. The molecule has 0 bridgehead atoms. The summed E-state index contributed by atoms with van der Waals surface area (Å²) in [5.41, 5.74) is 8.70. The van der Waals surface area contributed by atoms with E-state index in [9.17, 15) is 9.18 Å². The van der Waals surface area contributed by atoms with E-state index in [0.29, 0.717) is 27.5 Å². The minimum absolute atomic E-state index is 0.0266. The van der Waals surface area contributed by atoms with Gasteiger partial charge in [0.25, 0.3) is 0 Å². The first-order chi connectivity index (χ1) is 12.0. The molecular formula is C20H16ClFN2O. The van der Waals surface area contributed by atoms with Crippen molar-refractivity contribution in [1.82, 2.24) is 0 Å². The van der Waals surface area contributed by atoms with Crippen molar-refractivity contribution in [3.8, 4) is 0 Å². The second-order valence-corrected chi connectivity index (χ2v) is 6.07. The number of nitrogens with one attached hydrogen (secondary N) is 1. The number of ketones is 1. The molecule has 0 saturated heterocycles. The molecule has 3 N–H and O–H groups in total. The van der Waals surface area contributed by atoms with Crippen LogP contribution in [0.4, 0.5) is 21.5 Å². The molecule has 3 aromatic carbocycles. The summed E-state index contributed by atoms with van der Waals surface area (Å²) in [6.07, 6.45) is 0. The number of nitrogens with two attached hydrogens (primary N) is 1. The van der Waals surface area contributed by atoms with E-state index in [0.717, 1.165) is 5.56 Å². The van der Waals surface area contributed by atoms with Crippen LogP contribution in [-0.4, -0.2) is 5.78 Å².